The van der Waals surface area contributed by atoms with Gasteiger partial charge in [-0.25, -0.2) is 0 Å². The van der Waals surface area contributed by atoms with Crippen molar-refractivity contribution in [1.82, 2.24) is 5.32 Å². The first kappa shape index (κ1) is 12.2. The lowest BCUT2D eigenvalue weighted by atomic mass is 9.98. The van der Waals surface area contributed by atoms with Gasteiger partial charge in [0.2, 0.25) is 0 Å². The average Bonchev–Trinajstić information content (AvgIpc) is 2.76. The van der Waals surface area contributed by atoms with Crippen LogP contribution in [0.2, 0.25) is 0 Å². The molecular weight excluding hydrogens is 206 g/mol. The molecule has 1 saturated carbocycles. The highest BCUT2D eigenvalue weighted by Crippen LogP contribution is 2.30. The van der Waals surface area contributed by atoms with Crippen molar-refractivity contribution < 1.29 is 0 Å². The lowest BCUT2D eigenvalue weighted by Gasteiger charge is -2.14. The fourth-order valence-corrected chi connectivity index (χ4v) is 2.51. The Balaban J connectivity index is 1.68. The van der Waals surface area contributed by atoms with E-state index in [9.17, 15) is 0 Å². The van der Waals surface area contributed by atoms with E-state index in [1.807, 2.05) is 30.3 Å². The van der Waals surface area contributed by atoms with Crippen LogP contribution in [0.15, 0.2) is 30.3 Å². The Labute approximate surface area is 105 Å². The van der Waals surface area contributed by atoms with Gasteiger partial charge in [0, 0.05) is 5.56 Å². The molecule has 0 heterocycles. The Kier molecular flexibility index (Phi) is 4.64. The van der Waals surface area contributed by atoms with E-state index in [4.69, 9.17) is 0 Å². The topological polar surface area (TPSA) is 12.0 Å². The Hall–Kier alpha value is -1.26. The zero-order valence-corrected chi connectivity index (χ0v) is 10.6. The van der Waals surface area contributed by atoms with Crippen LogP contribution in [0.3, 0.4) is 0 Å². The summed E-state index contributed by atoms with van der Waals surface area (Å²) in [5.74, 6) is 8.11. The Bertz CT molecular complexity index is 385. The second-order valence-corrected chi connectivity index (χ2v) is 4.97. The standard InChI is InChI=1S/C16H21N/c1-14-7-5-11-16(14)13-17-12-6-10-15-8-3-2-4-9-15/h2-4,8-9,14,16-17H,5,7,11-13H2,1H3. The van der Waals surface area contributed by atoms with Crippen molar-refractivity contribution in [3.8, 4) is 11.8 Å². The van der Waals surface area contributed by atoms with Crippen LogP contribution >= 0.6 is 0 Å². The molecule has 1 N–H and O–H groups in total. The summed E-state index contributed by atoms with van der Waals surface area (Å²) >= 11 is 0. The van der Waals surface area contributed by atoms with Crippen LogP contribution < -0.4 is 5.32 Å². The van der Waals surface area contributed by atoms with Crippen LogP contribution in [0.1, 0.15) is 31.7 Å². The predicted molar refractivity (Wildman–Crippen MR) is 72.7 cm³/mol. The summed E-state index contributed by atoms with van der Waals surface area (Å²) in [7, 11) is 0. The second kappa shape index (κ2) is 6.47. The average molecular weight is 227 g/mol. The van der Waals surface area contributed by atoms with Gasteiger partial charge >= 0.3 is 0 Å². The zero-order valence-electron chi connectivity index (χ0n) is 10.6. The fraction of sp³-hybridized carbons (Fsp3) is 0.500. The summed E-state index contributed by atoms with van der Waals surface area (Å²) in [6, 6.07) is 10.2. The highest BCUT2D eigenvalue weighted by atomic mass is 14.8. The van der Waals surface area contributed by atoms with Gasteiger partial charge in [-0.2, -0.15) is 0 Å². The number of rotatable bonds is 3. The first-order chi connectivity index (χ1) is 8.36. The largest absolute Gasteiger partial charge is 0.306 e. The molecule has 1 aliphatic rings. The van der Waals surface area contributed by atoms with Crippen molar-refractivity contribution in [2.24, 2.45) is 11.8 Å². The van der Waals surface area contributed by atoms with Crippen molar-refractivity contribution in [3.05, 3.63) is 35.9 Å². The molecule has 2 rings (SSSR count). The number of nitrogens with one attached hydrogen (secondary N) is 1. The summed E-state index contributed by atoms with van der Waals surface area (Å²) < 4.78 is 0. The van der Waals surface area contributed by atoms with Crippen molar-refractivity contribution >= 4 is 0 Å². The lowest BCUT2D eigenvalue weighted by Crippen LogP contribution is -2.24. The third kappa shape index (κ3) is 3.91. The third-order valence-corrected chi connectivity index (χ3v) is 3.67. The molecule has 90 valence electrons. The van der Waals surface area contributed by atoms with Crippen LogP contribution in [-0.4, -0.2) is 13.1 Å². The van der Waals surface area contributed by atoms with Crippen LogP contribution in [0.4, 0.5) is 0 Å². The molecule has 0 radical (unpaired) electrons. The van der Waals surface area contributed by atoms with Crippen molar-refractivity contribution in [2.75, 3.05) is 13.1 Å². The predicted octanol–water partition coefficient (Wildman–Crippen LogP) is 3.06. The maximum atomic E-state index is 3.45. The van der Waals surface area contributed by atoms with Gasteiger partial charge < -0.3 is 5.32 Å². The summed E-state index contributed by atoms with van der Waals surface area (Å²) in [4.78, 5) is 0. The van der Waals surface area contributed by atoms with Gasteiger partial charge in [-0.15, -0.1) is 0 Å². The van der Waals surface area contributed by atoms with Crippen LogP contribution in [0.25, 0.3) is 0 Å². The molecule has 1 heteroatoms. The molecular formula is C16H21N. The first-order valence-electron chi connectivity index (χ1n) is 6.61. The van der Waals surface area contributed by atoms with E-state index in [2.05, 4.69) is 24.1 Å². The molecule has 0 amide bonds. The minimum absolute atomic E-state index is 0.804. The molecule has 0 spiro atoms. The van der Waals surface area contributed by atoms with E-state index in [-0.39, 0.29) is 0 Å². The van der Waals surface area contributed by atoms with Crippen LogP contribution in [-0.2, 0) is 0 Å². The zero-order chi connectivity index (χ0) is 11.9. The molecule has 0 saturated heterocycles. The van der Waals surface area contributed by atoms with E-state index in [0.717, 1.165) is 30.5 Å². The summed E-state index contributed by atoms with van der Waals surface area (Å²) in [6.45, 7) is 4.30. The molecule has 0 bridgehead atoms. The van der Waals surface area contributed by atoms with E-state index >= 15 is 0 Å². The molecule has 0 aromatic heterocycles. The smallest absolute Gasteiger partial charge is 0.0580 e. The Morgan fingerprint density at radius 3 is 2.76 bits per heavy atom. The van der Waals surface area contributed by atoms with E-state index in [1.165, 1.54) is 19.3 Å². The third-order valence-electron chi connectivity index (χ3n) is 3.67. The molecule has 17 heavy (non-hydrogen) atoms. The quantitative estimate of drug-likeness (QED) is 0.618. The molecule has 1 fully saturated rings. The minimum atomic E-state index is 0.804. The van der Waals surface area contributed by atoms with Crippen molar-refractivity contribution in [1.29, 1.82) is 0 Å². The number of hydrogen-bond acceptors (Lipinski definition) is 1. The van der Waals surface area contributed by atoms with Gasteiger partial charge in [-0.1, -0.05) is 49.8 Å². The van der Waals surface area contributed by atoms with Gasteiger partial charge in [0.05, 0.1) is 6.54 Å². The van der Waals surface area contributed by atoms with Gasteiger partial charge in [-0.05, 0) is 36.9 Å². The highest BCUT2D eigenvalue weighted by molar-refractivity contribution is 5.33. The van der Waals surface area contributed by atoms with E-state index in [1.54, 1.807) is 0 Å². The second-order valence-electron chi connectivity index (χ2n) is 4.97. The number of hydrogen-bond donors (Lipinski definition) is 1. The maximum Gasteiger partial charge on any atom is 0.0580 e. The highest BCUT2D eigenvalue weighted by Gasteiger charge is 2.22. The van der Waals surface area contributed by atoms with Crippen molar-refractivity contribution in [2.45, 2.75) is 26.2 Å². The molecule has 1 aromatic carbocycles. The lowest BCUT2D eigenvalue weighted by molar-refractivity contribution is 0.400. The fourth-order valence-electron chi connectivity index (χ4n) is 2.51. The maximum absolute atomic E-state index is 3.45. The first-order valence-corrected chi connectivity index (χ1v) is 6.61. The number of benzene rings is 1. The van der Waals surface area contributed by atoms with Crippen LogP contribution in [0.5, 0.6) is 0 Å². The molecule has 0 aliphatic heterocycles. The normalized spacial score (nSPS) is 23.1. The van der Waals surface area contributed by atoms with Crippen molar-refractivity contribution in [3.63, 3.8) is 0 Å². The molecule has 1 nitrogen and oxygen atoms in total. The molecule has 2 unspecified atom stereocenters. The van der Waals surface area contributed by atoms with Gasteiger partial charge in [0.25, 0.3) is 0 Å². The monoisotopic (exact) mass is 227 g/mol. The van der Waals surface area contributed by atoms with Crippen LogP contribution in [0, 0.1) is 23.7 Å². The summed E-state index contributed by atoms with van der Waals surface area (Å²) in [6.07, 6.45) is 4.20. The Morgan fingerprint density at radius 2 is 2.06 bits per heavy atom. The minimum Gasteiger partial charge on any atom is -0.306 e. The summed E-state index contributed by atoms with van der Waals surface area (Å²) in [5.41, 5.74) is 1.10. The molecule has 1 aliphatic carbocycles. The Morgan fingerprint density at radius 1 is 1.24 bits per heavy atom. The molecule has 1 aromatic rings. The van der Waals surface area contributed by atoms with Gasteiger partial charge in [0.15, 0.2) is 0 Å². The van der Waals surface area contributed by atoms with E-state index in [0.29, 0.717) is 0 Å². The SMILES string of the molecule is CC1CCCC1CNCC#Cc1ccccc1. The molecule has 2 atom stereocenters. The van der Waals surface area contributed by atoms with Gasteiger partial charge in [-0.3, -0.25) is 0 Å². The summed E-state index contributed by atoms with van der Waals surface area (Å²) in [5, 5.41) is 3.45. The van der Waals surface area contributed by atoms with Gasteiger partial charge in [0.1, 0.15) is 0 Å². The van der Waals surface area contributed by atoms with E-state index < -0.39 is 0 Å².